The molecular formula is C14H19NO2. The van der Waals surface area contributed by atoms with Gasteiger partial charge in [0.05, 0.1) is 0 Å². The van der Waals surface area contributed by atoms with Crippen LogP contribution in [0.3, 0.4) is 0 Å². The highest BCUT2D eigenvalue weighted by Crippen LogP contribution is 2.22. The first kappa shape index (κ1) is 13.4. The van der Waals surface area contributed by atoms with E-state index in [9.17, 15) is 9.59 Å². The molecule has 0 heterocycles. The molecular weight excluding hydrogens is 214 g/mol. The maximum atomic E-state index is 11.2. The van der Waals surface area contributed by atoms with Gasteiger partial charge in [-0.15, -0.1) is 0 Å². The highest BCUT2D eigenvalue weighted by atomic mass is 16.1. The molecule has 0 saturated carbocycles. The molecule has 0 unspecified atom stereocenters. The van der Waals surface area contributed by atoms with E-state index in [0.29, 0.717) is 6.42 Å². The van der Waals surface area contributed by atoms with E-state index < -0.39 is 0 Å². The predicted molar refractivity (Wildman–Crippen MR) is 69.2 cm³/mol. The summed E-state index contributed by atoms with van der Waals surface area (Å²) in [5.41, 5.74) is 4.01. The molecule has 0 atom stereocenters. The second-order valence-electron chi connectivity index (χ2n) is 4.35. The van der Waals surface area contributed by atoms with Gasteiger partial charge >= 0.3 is 0 Å². The molecule has 1 aromatic rings. The van der Waals surface area contributed by atoms with Crippen molar-refractivity contribution in [1.82, 2.24) is 0 Å². The number of amides is 1. The number of rotatable bonds is 4. The molecule has 0 aliphatic rings. The van der Waals surface area contributed by atoms with Crippen molar-refractivity contribution < 1.29 is 9.59 Å². The van der Waals surface area contributed by atoms with Gasteiger partial charge in [-0.25, -0.2) is 0 Å². The molecule has 0 aliphatic carbocycles. The van der Waals surface area contributed by atoms with E-state index in [0.717, 1.165) is 28.8 Å². The number of nitrogens with one attached hydrogen (secondary N) is 1. The van der Waals surface area contributed by atoms with Gasteiger partial charge in [-0.3, -0.25) is 9.59 Å². The number of carbonyl (C=O) groups is 2. The minimum Gasteiger partial charge on any atom is -0.326 e. The SMILES string of the molecule is CCc1cc(CC(C)=O)c(C)cc1NC(C)=O. The highest BCUT2D eigenvalue weighted by Gasteiger charge is 2.08. The Morgan fingerprint density at radius 1 is 1.18 bits per heavy atom. The fourth-order valence-electron chi connectivity index (χ4n) is 1.86. The van der Waals surface area contributed by atoms with Crippen molar-refractivity contribution in [1.29, 1.82) is 0 Å². The molecule has 3 nitrogen and oxygen atoms in total. The van der Waals surface area contributed by atoms with Gasteiger partial charge in [0, 0.05) is 19.0 Å². The lowest BCUT2D eigenvalue weighted by Crippen LogP contribution is -2.09. The third-order valence-corrected chi connectivity index (χ3v) is 2.69. The summed E-state index contributed by atoms with van der Waals surface area (Å²) >= 11 is 0. The van der Waals surface area contributed by atoms with Gasteiger partial charge in [0.25, 0.3) is 0 Å². The zero-order chi connectivity index (χ0) is 13.0. The second-order valence-corrected chi connectivity index (χ2v) is 4.35. The minimum atomic E-state index is -0.0709. The fourth-order valence-corrected chi connectivity index (χ4v) is 1.86. The van der Waals surface area contributed by atoms with Crippen LogP contribution in [0.15, 0.2) is 12.1 Å². The number of hydrogen-bond donors (Lipinski definition) is 1. The number of hydrogen-bond acceptors (Lipinski definition) is 2. The van der Waals surface area contributed by atoms with Crippen molar-refractivity contribution in [2.24, 2.45) is 0 Å². The summed E-state index contributed by atoms with van der Waals surface area (Å²) in [4.78, 5) is 22.2. The van der Waals surface area contributed by atoms with Crippen molar-refractivity contribution in [2.45, 2.75) is 40.5 Å². The van der Waals surface area contributed by atoms with Crippen LogP contribution in [0.4, 0.5) is 5.69 Å². The van der Waals surface area contributed by atoms with Gasteiger partial charge in [-0.1, -0.05) is 13.0 Å². The molecule has 1 amide bonds. The Morgan fingerprint density at radius 2 is 1.82 bits per heavy atom. The molecule has 1 rings (SSSR count). The monoisotopic (exact) mass is 233 g/mol. The zero-order valence-corrected chi connectivity index (χ0v) is 10.9. The highest BCUT2D eigenvalue weighted by molar-refractivity contribution is 5.90. The van der Waals surface area contributed by atoms with Crippen LogP contribution in [0.25, 0.3) is 0 Å². The number of ketones is 1. The summed E-state index contributed by atoms with van der Waals surface area (Å²) in [6.07, 6.45) is 1.29. The van der Waals surface area contributed by atoms with Crippen LogP contribution < -0.4 is 5.32 Å². The van der Waals surface area contributed by atoms with Crippen LogP contribution in [0.1, 0.15) is 37.5 Å². The molecule has 17 heavy (non-hydrogen) atoms. The van der Waals surface area contributed by atoms with Gasteiger partial charge in [0.2, 0.25) is 5.91 Å². The van der Waals surface area contributed by atoms with Gasteiger partial charge in [0.1, 0.15) is 5.78 Å². The normalized spacial score (nSPS) is 10.1. The van der Waals surface area contributed by atoms with Crippen LogP contribution in [0.2, 0.25) is 0 Å². The molecule has 0 spiro atoms. The fraction of sp³-hybridized carbons (Fsp3) is 0.429. The van der Waals surface area contributed by atoms with Crippen LogP contribution in [0.5, 0.6) is 0 Å². The Morgan fingerprint density at radius 3 is 2.29 bits per heavy atom. The predicted octanol–water partition coefficient (Wildman–Crippen LogP) is 2.65. The van der Waals surface area contributed by atoms with Crippen molar-refractivity contribution in [3.8, 4) is 0 Å². The van der Waals surface area contributed by atoms with E-state index in [1.165, 1.54) is 6.92 Å². The van der Waals surface area contributed by atoms with Gasteiger partial charge < -0.3 is 5.32 Å². The molecule has 0 saturated heterocycles. The summed E-state index contributed by atoms with van der Waals surface area (Å²) in [6, 6.07) is 3.96. The molecule has 0 bridgehead atoms. The number of Topliss-reactive ketones (excluding diaryl/α,β-unsaturated/α-hetero) is 1. The smallest absolute Gasteiger partial charge is 0.221 e. The third kappa shape index (κ3) is 3.70. The third-order valence-electron chi connectivity index (χ3n) is 2.69. The number of aryl methyl sites for hydroxylation is 2. The Hall–Kier alpha value is -1.64. The Bertz CT molecular complexity index is 450. The van der Waals surface area contributed by atoms with E-state index >= 15 is 0 Å². The Kier molecular flexibility index (Phi) is 4.44. The molecule has 0 aliphatic heterocycles. The van der Waals surface area contributed by atoms with Crippen LogP contribution in [-0.2, 0) is 22.4 Å². The summed E-state index contributed by atoms with van der Waals surface area (Å²) in [7, 11) is 0. The van der Waals surface area contributed by atoms with Gasteiger partial charge in [0.15, 0.2) is 0 Å². The number of benzene rings is 1. The van der Waals surface area contributed by atoms with Crippen molar-refractivity contribution >= 4 is 17.4 Å². The number of anilines is 1. The van der Waals surface area contributed by atoms with Crippen LogP contribution in [-0.4, -0.2) is 11.7 Å². The second kappa shape index (κ2) is 5.62. The molecule has 92 valence electrons. The van der Waals surface area contributed by atoms with E-state index in [4.69, 9.17) is 0 Å². The Labute approximate surface area is 102 Å². The van der Waals surface area contributed by atoms with E-state index in [-0.39, 0.29) is 11.7 Å². The first-order chi connectivity index (χ1) is 7.93. The van der Waals surface area contributed by atoms with Gasteiger partial charge in [-0.2, -0.15) is 0 Å². The first-order valence-electron chi connectivity index (χ1n) is 5.83. The van der Waals surface area contributed by atoms with Crippen molar-refractivity contribution in [2.75, 3.05) is 5.32 Å². The molecule has 1 aromatic carbocycles. The lowest BCUT2D eigenvalue weighted by Gasteiger charge is -2.13. The lowest BCUT2D eigenvalue weighted by atomic mass is 9.98. The summed E-state index contributed by atoms with van der Waals surface area (Å²) in [5, 5.41) is 2.82. The van der Waals surface area contributed by atoms with Crippen molar-refractivity contribution in [3.63, 3.8) is 0 Å². The largest absolute Gasteiger partial charge is 0.326 e. The molecule has 0 radical (unpaired) electrons. The van der Waals surface area contributed by atoms with E-state index in [1.807, 2.05) is 26.0 Å². The molecule has 0 aromatic heterocycles. The average molecular weight is 233 g/mol. The molecule has 1 N–H and O–H groups in total. The van der Waals surface area contributed by atoms with Gasteiger partial charge in [-0.05, 0) is 43.0 Å². The summed E-state index contributed by atoms with van der Waals surface area (Å²) in [6.45, 7) is 7.08. The van der Waals surface area contributed by atoms with Crippen LogP contribution in [0, 0.1) is 6.92 Å². The Balaban J connectivity index is 3.14. The number of carbonyl (C=O) groups excluding carboxylic acids is 2. The summed E-state index contributed by atoms with van der Waals surface area (Å²) in [5.74, 6) is 0.0841. The standard InChI is InChI=1S/C14H19NO2/c1-5-12-8-13(7-10(3)16)9(2)6-14(12)15-11(4)17/h6,8H,5,7H2,1-4H3,(H,15,17). The topological polar surface area (TPSA) is 46.2 Å². The van der Waals surface area contributed by atoms with Crippen molar-refractivity contribution in [3.05, 3.63) is 28.8 Å². The maximum Gasteiger partial charge on any atom is 0.221 e. The zero-order valence-electron chi connectivity index (χ0n) is 10.9. The lowest BCUT2D eigenvalue weighted by molar-refractivity contribution is -0.116. The summed E-state index contributed by atoms with van der Waals surface area (Å²) < 4.78 is 0. The van der Waals surface area contributed by atoms with E-state index in [2.05, 4.69) is 5.32 Å². The maximum absolute atomic E-state index is 11.2. The molecule has 0 fully saturated rings. The first-order valence-corrected chi connectivity index (χ1v) is 5.83. The average Bonchev–Trinajstić information content (AvgIpc) is 2.20. The van der Waals surface area contributed by atoms with Crippen LogP contribution >= 0.6 is 0 Å². The quantitative estimate of drug-likeness (QED) is 0.869. The molecule has 3 heteroatoms. The minimum absolute atomic E-state index is 0.0709. The van der Waals surface area contributed by atoms with E-state index in [1.54, 1.807) is 6.92 Å².